The fraction of sp³-hybridized carbons (Fsp3) is 0.259. The number of ketones is 1. The van der Waals surface area contributed by atoms with Gasteiger partial charge in [0.15, 0.2) is 17.3 Å². The Kier molecular flexibility index (Phi) is 5.73. The van der Waals surface area contributed by atoms with Crippen LogP contribution in [0.15, 0.2) is 78.3 Å². The van der Waals surface area contributed by atoms with Gasteiger partial charge in [0, 0.05) is 30.1 Å². The normalized spacial score (nSPS) is 19.5. The van der Waals surface area contributed by atoms with E-state index in [4.69, 9.17) is 9.47 Å². The third-order valence-corrected chi connectivity index (χ3v) is 6.29. The molecule has 6 heteroatoms. The molecule has 168 valence electrons. The molecular formula is C27H27N3O3. The Bertz CT molecular complexity index is 1210. The highest BCUT2D eigenvalue weighted by atomic mass is 16.5. The number of rotatable bonds is 5. The number of carbonyl (C=O) groups is 1. The summed E-state index contributed by atoms with van der Waals surface area (Å²) in [4.78, 5) is 17.9. The molecule has 1 aliphatic carbocycles. The van der Waals surface area contributed by atoms with Crippen LogP contribution in [0.5, 0.6) is 11.5 Å². The van der Waals surface area contributed by atoms with Gasteiger partial charge in [0.1, 0.15) is 0 Å². The second kappa shape index (κ2) is 8.98. The summed E-state index contributed by atoms with van der Waals surface area (Å²) in [6, 6.07) is 17.7. The van der Waals surface area contributed by atoms with Crippen LogP contribution in [0.25, 0.3) is 0 Å². The van der Waals surface area contributed by atoms with Gasteiger partial charge in [0.2, 0.25) is 0 Å². The third kappa shape index (κ3) is 4.04. The van der Waals surface area contributed by atoms with E-state index in [9.17, 15) is 4.79 Å². The maximum Gasteiger partial charge on any atom is 0.163 e. The van der Waals surface area contributed by atoms with Crippen molar-refractivity contribution in [2.45, 2.75) is 31.7 Å². The van der Waals surface area contributed by atoms with Crippen LogP contribution in [0.4, 0.5) is 11.4 Å². The minimum absolute atomic E-state index is 0.0492. The molecular weight excluding hydrogens is 414 g/mol. The van der Waals surface area contributed by atoms with Crippen molar-refractivity contribution < 1.29 is 14.3 Å². The van der Waals surface area contributed by atoms with Crippen molar-refractivity contribution in [1.82, 2.24) is 4.98 Å². The van der Waals surface area contributed by atoms with Gasteiger partial charge in [0.05, 0.1) is 31.1 Å². The van der Waals surface area contributed by atoms with E-state index in [2.05, 4.69) is 15.6 Å². The molecule has 5 rings (SSSR count). The summed E-state index contributed by atoms with van der Waals surface area (Å²) in [6.07, 6.45) is 4.74. The molecule has 0 saturated heterocycles. The first-order valence-electron chi connectivity index (χ1n) is 11.3. The summed E-state index contributed by atoms with van der Waals surface area (Å²) in [6.45, 7) is 2.52. The van der Waals surface area contributed by atoms with Gasteiger partial charge in [-0.2, -0.15) is 0 Å². The summed E-state index contributed by atoms with van der Waals surface area (Å²) < 4.78 is 11.2. The van der Waals surface area contributed by atoms with Crippen LogP contribution < -0.4 is 20.1 Å². The third-order valence-electron chi connectivity index (χ3n) is 6.29. The first-order chi connectivity index (χ1) is 16.2. The molecule has 0 amide bonds. The van der Waals surface area contributed by atoms with Crippen LogP contribution in [-0.2, 0) is 4.79 Å². The lowest BCUT2D eigenvalue weighted by Gasteiger charge is -2.30. The first-order valence-corrected chi connectivity index (χ1v) is 11.3. The quantitative estimate of drug-likeness (QED) is 0.547. The van der Waals surface area contributed by atoms with Gasteiger partial charge >= 0.3 is 0 Å². The van der Waals surface area contributed by atoms with E-state index >= 15 is 0 Å². The fourth-order valence-electron chi connectivity index (χ4n) is 4.74. The van der Waals surface area contributed by atoms with E-state index in [0.717, 1.165) is 40.2 Å². The Labute approximate surface area is 193 Å². The molecule has 0 saturated carbocycles. The number of hydrogen-bond acceptors (Lipinski definition) is 6. The predicted octanol–water partition coefficient (Wildman–Crippen LogP) is 5.47. The SMILES string of the molecule is CCOc1ccc(C2CC(=O)C3=C(C2)Nc2ccccc2NC3c2cccnc2)cc1OC. The summed E-state index contributed by atoms with van der Waals surface area (Å²) in [7, 11) is 1.64. The molecule has 0 fully saturated rings. The van der Waals surface area contributed by atoms with Crippen molar-refractivity contribution in [1.29, 1.82) is 0 Å². The minimum atomic E-state index is -0.256. The number of allylic oxidation sites excluding steroid dienone is 1. The number of Topliss-reactive ketones (excluding diaryl/α,β-unsaturated/α-hetero) is 1. The maximum absolute atomic E-state index is 13.6. The molecule has 0 radical (unpaired) electrons. The van der Waals surface area contributed by atoms with Gasteiger partial charge < -0.3 is 20.1 Å². The minimum Gasteiger partial charge on any atom is -0.493 e. The first kappa shape index (κ1) is 21.1. The van der Waals surface area contributed by atoms with Gasteiger partial charge in [-0.1, -0.05) is 24.3 Å². The monoisotopic (exact) mass is 441 g/mol. The van der Waals surface area contributed by atoms with E-state index < -0.39 is 0 Å². The van der Waals surface area contributed by atoms with E-state index in [0.29, 0.717) is 24.5 Å². The number of pyridine rings is 1. The Balaban J connectivity index is 1.55. The number of fused-ring (bicyclic) bond motifs is 1. The number of hydrogen-bond donors (Lipinski definition) is 2. The zero-order valence-electron chi connectivity index (χ0n) is 18.8. The van der Waals surface area contributed by atoms with E-state index in [1.54, 1.807) is 13.3 Å². The Morgan fingerprint density at radius 3 is 2.61 bits per heavy atom. The van der Waals surface area contributed by atoms with Crippen molar-refractivity contribution >= 4 is 17.2 Å². The number of ether oxygens (including phenoxy) is 2. The van der Waals surface area contributed by atoms with Crippen LogP contribution in [0.3, 0.4) is 0 Å². The Morgan fingerprint density at radius 1 is 1.00 bits per heavy atom. The highest BCUT2D eigenvalue weighted by Crippen LogP contribution is 2.45. The molecule has 2 atom stereocenters. The van der Waals surface area contributed by atoms with Crippen molar-refractivity contribution in [3.8, 4) is 11.5 Å². The molecule has 6 nitrogen and oxygen atoms in total. The standard InChI is InChI=1S/C27H27N3O3/c1-3-33-24-11-10-17(15-25(24)32-2)19-13-22-26(23(31)14-19)27(18-7-6-12-28-16-18)30-21-9-5-4-8-20(21)29-22/h4-12,15-16,19,27,29-30H,3,13-14H2,1-2H3. The number of para-hydroxylation sites is 2. The zero-order chi connectivity index (χ0) is 22.8. The number of nitrogens with zero attached hydrogens (tertiary/aromatic N) is 1. The van der Waals surface area contributed by atoms with Gasteiger partial charge in [-0.25, -0.2) is 0 Å². The fourth-order valence-corrected chi connectivity index (χ4v) is 4.74. The zero-order valence-corrected chi connectivity index (χ0v) is 18.8. The van der Waals surface area contributed by atoms with Crippen molar-refractivity contribution in [3.05, 3.63) is 89.4 Å². The number of methoxy groups -OCH3 is 1. The maximum atomic E-state index is 13.6. The molecule has 3 aromatic rings. The average Bonchev–Trinajstić information content (AvgIpc) is 3.02. The molecule has 2 aliphatic rings. The van der Waals surface area contributed by atoms with E-state index in [-0.39, 0.29) is 17.7 Å². The lowest BCUT2D eigenvalue weighted by atomic mass is 9.78. The van der Waals surface area contributed by atoms with Crippen molar-refractivity contribution in [3.63, 3.8) is 0 Å². The number of anilines is 2. The average molecular weight is 442 g/mol. The van der Waals surface area contributed by atoms with E-state index in [1.165, 1.54) is 0 Å². The summed E-state index contributed by atoms with van der Waals surface area (Å²) in [5, 5.41) is 7.15. The Hall–Kier alpha value is -3.80. The molecule has 1 aliphatic heterocycles. The number of benzene rings is 2. The molecule has 2 heterocycles. The topological polar surface area (TPSA) is 72.5 Å². The van der Waals surface area contributed by atoms with Gasteiger partial charge in [-0.15, -0.1) is 0 Å². The van der Waals surface area contributed by atoms with Crippen LogP contribution in [-0.4, -0.2) is 24.5 Å². The molecule has 0 spiro atoms. The van der Waals surface area contributed by atoms with Gasteiger partial charge in [-0.05, 0) is 60.7 Å². The van der Waals surface area contributed by atoms with Gasteiger partial charge in [-0.3, -0.25) is 9.78 Å². The lowest BCUT2D eigenvalue weighted by Crippen LogP contribution is -2.27. The van der Waals surface area contributed by atoms with Crippen LogP contribution in [0.1, 0.15) is 42.9 Å². The summed E-state index contributed by atoms with van der Waals surface area (Å²) in [5.74, 6) is 1.59. The molecule has 2 aromatic carbocycles. The molecule has 1 aromatic heterocycles. The molecule has 2 N–H and O–H groups in total. The lowest BCUT2D eigenvalue weighted by molar-refractivity contribution is -0.116. The molecule has 0 bridgehead atoms. The van der Waals surface area contributed by atoms with Crippen LogP contribution >= 0.6 is 0 Å². The molecule has 33 heavy (non-hydrogen) atoms. The predicted molar refractivity (Wildman–Crippen MR) is 129 cm³/mol. The van der Waals surface area contributed by atoms with Crippen LogP contribution in [0.2, 0.25) is 0 Å². The van der Waals surface area contributed by atoms with E-state index in [1.807, 2.05) is 67.7 Å². The summed E-state index contributed by atoms with van der Waals surface area (Å²) >= 11 is 0. The van der Waals surface area contributed by atoms with Crippen LogP contribution in [0, 0.1) is 0 Å². The summed E-state index contributed by atoms with van der Waals surface area (Å²) in [5.41, 5.74) is 5.71. The Morgan fingerprint density at radius 2 is 1.85 bits per heavy atom. The second-order valence-electron chi connectivity index (χ2n) is 8.30. The largest absolute Gasteiger partial charge is 0.493 e. The van der Waals surface area contributed by atoms with Crippen molar-refractivity contribution in [2.24, 2.45) is 0 Å². The van der Waals surface area contributed by atoms with Crippen molar-refractivity contribution in [2.75, 3.05) is 24.4 Å². The highest BCUT2D eigenvalue weighted by Gasteiger charge is 2.36. The smallest absolute Gasteiger partial charge is 0.163 e. The second-order valence-corrected chi connectivity index (χ2v) is 8.30. The number of nitrogens with one attached hydrogen (secondary N) is 2. The number of carbonyl (C=O) groups excluding carboxylic acids is 1. The highest BCUT2D eigenvalue weighted by molar-refractivity contribution is 6.01. The molecule has 2 unspecified atom stereocenters. The van der Waals surface area contributed by atoms with Gasteiger partial charge in [0.25, 0.3) is 0 Å². The number of aromatic nitrogens is 1.